The van der Waals surface area contributed by atoms with Gasteiger partial charge >= 0.3 is 5.97 Å². The molecule has 0 amide bonds. The van der Waals surface area contributed by atoms with E-state index >= 15 is 0 Å². The Labute approximate surface area is 165 Å². The third-order valence-electron chi connectivity index (χ3n) is 5.28. The molecule has 0 atom stereocenters. The SMILES string of the molecule is CCOC(=O)Cc1cn2c(C=O)c(-c3ccc4c5c(cccc35)CC4)nc2s1. The molecule has 6 heteroatoms. The van der Waals surface area contributed by atoms with Crippen molar-refractivity contribution >= 4 is 39.3 Å². The van der Waals surface area contributed by atoms with E-state index in [0.717, 1.165) is 35.0 Å². The number of benzene rings is 2. The Hall–Kier alpha value is -2.99. The summed E-state index contributed by atoms with van der Waals surface area (Å²) in [5.41, 5.74) is 4.91. The van der Waals surface area contributed by atoms with Crippen molar-refractivity contribution in [2.75, 3.05) is 6.61 Å². The molecule has 28 heavy (non-hydrogen) atoms. The minimum absolute atomic E-state index is 0.191. The molecule has 140 valence electrons. The smallest absolute Gasteiger partial charge is 0.311 e. The number of esters is 1. The van der Waals surface area contributed by atoms with E-state index in [1.807, 2.05) is 6.20 Å². The van der Waals surface area contributed by atoms with Gasteiger partial charge in [-0.3, -0.25) is 14.0 Å². The average molecular weight is 390 g/mol. The van der Waals surface area contributed by atoms with Gasteiger partial charge in [-0.2, -0.15) is 0 Å². The fourth-order valence-electron chi connectivity index (χ4n) is 4.11. The summed E-state index contributed by atoms with van der Waals surface area (Å²) in [6.45, 7) is 2.14. The molecular formula is C22H18N2O3S. The van der Waals surface area contributed by atoms with Crippen LogP contribution in [0.5, 0.6) is 0 Å². The molecule has 0 radical (unpaired) electrons. The highest BCUT2D eigenvalue weighted by Gasteiger charge is 2.22. The molecule has 0 bridgehead atoms. The number of nitrogens with zero attached hydrogens (tertiary/aromatic N) is 2. The number of carbonyl (C=O) groups is 2. The van der Waals surface area contributed by atoms with Gasteiger partial charge in [-0.25, -0.2) is 4.98 Å². The summed E-state index contributed by atoms with van der Waals surface area (Å²) in [7, 11) is 0. The lowest BCUT2D eigenvalue weighted by Crippen LogP contribution is -2.06. The number of rotatable bonds is 5. The highest BCUT2D eigenvalue weighted by Crippen LogP contribution is 2.38. The number of thiazole rings is 1. The Bertz CT molecular complexity index is 1240. The molecule has 0 unspecified atom stereocenters. The zero-order valence-corrected chi connectivity index (χ0v) is 16.2. The van der Waals surface area contributed by atoms with Crippen molar-refractivity contribution in [3.63, 3.8) is 0 Å². The van der Waals surface area contributed by atoms with Gasteiger partial charge in [-0.15, -0.1) is 11.3 Å². The number of carbonyl (C=O) groups excluding carboxylic acids is 2. The Kier molecular flexibility index (Phi) is 4.02. The monoisotopic (exact) mass is 390 g/mol. The maximum atomic E-state index is 11.9. The molecule has 2 heterocycles. The number of hydrogen-bond acceptors (Lipinski definition) is 5. The normalized spacial score (nSPS) is 12.8. The standard InChI is InChI=1S/C22H18N2O3S/c1-2-27-19(26)10-15-11-24-18(12-25)21(23-22(24)28-15)17-9-8-14-7-6-13-4-3-5-16(17)20(13)14/h3-5,8-9,11-12H,2,6-7,10H2,1H3. The van der Waals surface area contributed by atoms with Crippen LogP contribution in [0.2, 0.25) is 0 Å². The second-order valence-electron chi connectivity index (χ2n) is 6.91. The van der Waals surface area contributed by atoms with Crippen LogP contribution in [0.4, 0.5) is 0 Å². The molecule has 4 aromatic rings. The summed E-state index contributed by atoms with van der Waals surface area (Å²) < 4.78 is 6.80. The van der Waals surface area contributed by atoms with Crippen LogP contribution in [0.15, 0.2) is 36.5 Å². The largest absolute Gasteiger partial charge is 0.466 e. The molecule has 5 nitrogen and oxygen atoms in total. The van der Waals surface area contributed by atoms with Crippen LogP contribution in [0.3, 0.4) is 0 Å². The molecule has 1 aliphatic rings. The number of hydrogen-bond donors (Lipinski definition) is 0. The second kappa shape index (κ2) is 6.56. The summed E-state index contributed by atoms with van der Waals surface area (Å²) in [6.07, 6.45) is 4.98. The molecule has 0 spiro atoms. The maximum absolute atomic E-state index is 11.9. The number of aldehydes is 1. The predicted molar refractivity (Wildman–Crippen MR) is 109 cm³/mol. The van der Waals surface area contributed by atoms with Gasteiger partial charge in [0.1, 0.15) is 11.4 Å². The number of imidazole rings is 1. The molecule has 0 aliphatic heterocycles. The molecule has 2 aromatic heterocycles. The molecule has 1 aliphatic carbocycles. The summed E-state index contributed by atoms with van der Waals surface area (Å²) in [6, 6.07) is 10.6. The van der Waals surface area contributed by atoms with E-state index in [-0.39, 0.29) is 12.4 Å². The zero-order valence-electron chi connectivity index (χ0n) is 15.4. The van der Waals surface area contributed by atoms with Gasteiger partial charge < -0.3 is 4.74 Å². The van der Waals surface area contributed by atoms with E-state index in [1.54, 1.807) is 11.3 Å². The van der Waals surface area contributed by atoms with E-state index in [4.69, 9.17) is 9.72 Å². The number of aromatic nitrogens is 2. The topological polar surface area (TPSA) is 60.7 Å². The van der Waals surface area contributed by atoms with Crippen LogP contribution in [-0.2, 0) is 28.8 Å². The molecule has 5 rings (SSSR count). The Morgan fingerprint density at radius 1 is 1.25 bits per heavy atom. The minimum atomic E-state index is -0.271. The lowest BCUT2D eigenvalue weighted by molar-refractivity contribution is -0.142. The first kappa shape index (κ1) is 17.1. The number of fused-ring (bicyclic) bond motifs is 1. The van der Waals surface area contributed by atoms with Crippen LogP contribution in [0, 0.1) is 0 Å². The first-order chi connectivity index (χ1) is 13.7. The molecular weight excluding hydrogens is 372 g/mol. The van der Waals surface area contributed by atoms with Crippen molar-refractivity contribution in [3.8, 4) is 11.3 Å². The van der Waals surface area contributed by atoms with Crippen molar-refractivity contribution in [2.24, 2.45) is 0 Å². The summed E-state index contributed by atoms with van der Waals surface area (Å²) in [5.74, 6) is -0.271. The van der Waals surface area contributed by atoms with Crippen LogP contribution in [0.1, 0.15) is 33.4 Å². The molecule has 0 saturated heterocycles. The van der Waals surface area contributed by atoms with E-state index < -0.39 is 0 Å². The van der Waals surface area contributed by atoms with Gasteiger partial charge in [0.2, 0.25) is 0 Å². The van der Waals surface area contributed by atoms with E-state index in [0.29, 0.717) is 23.0 Å². The predicted octanol–water partition coefficient (Wildman–Crippen LogP) is 4.23. The van der Waals surface area contributed by atoms with Crippen molar-refractivity contribution in [2.45, 2.75) is 26.2 Å². The Morgan fingerprint density at radius 2 is 2.07 bits per heavy atom. The van der Waals surface area contributed by atoms with Gasteiger partial charge in [0.05, 0.1) is 13.0 Å². The quantitative estimate of drug-likeness (QED) is 0.378. The lowest BCUT2D eigenvalue weighted by Gasteiger charge is -2.08. The Balaban J connectivity index is 1.64. The molecule has 2 aromatic carbocycles. The highest BCUT2D eigenvalue weighted by atomic mass is 32.1. The fraction of sp³-hybridized carbons (Fsp3) is 0.227. The summed E-state index contributed by atoms with van der Waals surface area (Å²) in [5, 5.41) is 2.45. The van der Waals surface area contributed by atoms with Crippen LogP contribution in [-0.4, -0.2) is 28.2 Å². The van der Waals surface area contributed by atoms with E-state index in [9.17, 15) is 9.59 Å². The Morgan fingerprint density at radius 3 is 2.86 bits per heavy atom. The van der Waals surface area contributed by atoms with Gasteiger partial charge in [-0.05, 0) is 41.7 Å². The highest BCUT2D eigenvalue weighted by molar-refractivity contribution is 7.17. The molecule has 0 fully saturated rings. The third kappa shape index (κ3) is 2.56. The fourth-order valence-corrected chi connectivity index (χ4v) is 5.08. The van der Waals surface area contributed by atoms with Crippen molar-refractivity contribution < 1.29 is 14.3 Å². The van der Waals surface area contributed by atoms with Gasteiger partial charge in [0.15, 0.2) is 11.2 Å². The summed E-state index contributed by atoms with van der Waals surface area (Å²) >= 11 is 1.41. The van der Waals surface area contributed by atoms with Crippen LogP contribution in [0.25, 0.3) is 27.0 Å². The van der Waals surface area contributed by atoms with Gasteiger partial charge in [0.25, 0.3) is 0 Å². The first-order valence-electron chi connectivity index (χ1n) is 9.35. The minimum Gasteiger partial charge on any atom is -0.466 e. The van der Waals surface area contributed by atoms with Crippen molar-refractivity contribution in [1.82, 2.24) is 9.38 Å². The third-order valence-corrected chi connectivity index (χ3v) is 6.26. The molecule has 0 N–H and O–H groups in total. The second-order valence-corrected chi connectivity index (χ2v) is 8.00. The number of aryl methyl sites for hydroxylation is 2. The van der Waals surface area contributed by atoms with E-state index in [2.05, 4.69) is 30.3 Å². The van der Waals surface area contributed by atoms with Crippen LogP contribution >= 0.6 is 11.3 Å². The van der Waals surface area contributed by atoms with Gasteiger partial charge in [-0.1, -0.05) is 30.3 Å². The first-order valence-corrected chi connectivity index (χ1v) is 10.2. The molecule has 0 saturated carbocycles. The maximum Gasteiger partial charge on any atom is 0.311 e. The van der Waals surface area contributed by atoms with Crippen molar-refractivity contribution in [3.05, 3.63) is 58.2 Å². The van der Waals surface area contributed by atoms with Crippen LogP contribution < -0.4 is 0 Å². The summed E-state index contributed by atoms with van der Waals surface area (Å²) in [4.78, 5) is 30.0. The number of ether oxygens (including phenoxy) is 1. The average Bonchev–Trinajstić information content (AvgIpc) is 3.36. The lowest BCUT2D eigenvalue weighted by atomic mass is 9.97. The van der Waals surface area contributed by atoms with E-state index in [1.165, 1.54) is 27.8 Å². The van der Waals surface area contributed by atoms with Gasteiger partial charge in [0, 0.05) is 16.6 Å². The zero-order chi connectivity index (χ0) is 19.3. The van der Waals surface area contributed by atoms with Crippen molar-refractivity contribution in [1.29, 1.82) is 0 Å².